The highest BCUT2D eigenvalue weighted by atomic mass is 32.2. The number of carbonyl (C=O) groups is 3. The van der Waals surface area contributed by atoms with Gasteiger partial charge in [-0.05, 0) is 49.6 Å². The van der Waals surface area contributed by atoms with Gasteiger partial charge in [0.25, 0.3) is 5.91 Å². The molecule has 260 valence electrons. The number of unbranched alkanes of at least 4 members (excludes halogenated alkanes) is 2. The number of ether oxygens (including phenoxy) is 1. The number of sulfone groups is 1. The van der Waals surface area contributed by atoms with Crippen LogP contribution in [0.5, 0.6) is 5.75 Å². The summed E-state index contributed by atoms with van der Waals surface area (Å²) in [5.74, 6) is -2.22. The van der Waals surface area contributed by atoms with E-state index in [1.807, 2.05) is 18.4 Å². The molecule has 0 radical (unpaired) electrons. The van der Waals surface area contributed by atoms with E-state index in [-0.39, 0.29) is 16.4 Å². The van der Waals surface area contributed by atoms with Crippen molar-refractivity contribution < 1.29 is 32.6 Å². The number of thioether (sulfide) groups is 1. The van der Waals surface area contributed by atoms with Gasteiger partial charge in [0.1, 0.15) is 18.3 Å². The molecular weight excluding hydrogens is 651 g/mol. The van der Waals surface area contributed by atoms with Gasteiger partial charge < -0.3 is 25.4 Å². The number of carboxylic acids is 1. The molecule has 2 aromatic rings. The van der Waals surface area contributed by atoms with Crippen molar-refractivity contribution in [1.82, 2.24) is 10.6 Å². The van der Waals surface area contributed by atoms with E-state index in [2.05, 4.69) is 41.5 Å². The fourth-order valence-electron chi connectivity index (χ4n) is 6.37. The maximum atomic E-state index is 14.4. The Morgan fingerprint density at radius 2 is 1.79 bits per heavy atom. The standard InChI is InChI=1S/C36H47N3O7S2/c1-4-6-18-36(19-7-5-2)24-39(27-16-12-9-13-17-27)28-20-30(47-3)29(21-31(28)48(44,45)25-36)46-23-32(40)38-34(26-14-10-8-11-15-26)35(43)37-22-33(41)42/h8-12,14-16,20-21,34H,4-7,13,17-19,22-25H2,1-3H3,(H,37,43)(H,38,40)(H,41,42). The lowest BCUT2D eigenvalue weighted by Crippen LogP contribution is -2.43. The van der Waals surface area contributed by atoms with Crippen molar-refractivity contribution in [1.29, 1.82) is 0 Å². The summed E-state index contributed by atoms with van der Waals surface area (Å²) in [6, 6.07) is 10.7. The maximum absolute atomic E-state index is 14.4. The lowest BCUT2D eigenvalue weighted by atomic mass is 9.79. The van der Waals surface area contributed by atoms with E-state index in [1.54, 1.807) is 36.4 Å². The summed E-state index contributed by atoms with van der Waals surface area (Å²) in [5, 5.41) is 14.0. The normalized spacial score (nSPS) is 17.0. The van der Waals surface area contributed by atoms with E-state index in [4.69, 9.17) is 9.84 Å². The first-order valence-corrected chi connectivity index (χ1v) is 19.4. The molecular formula is C36H47N3O7S2. The molecule has 1 heterocycles. The number of anilines is 1. The van der Waals surface area contributed by atoms with Crippen LogP contribution in [-0.2, 0) is 24.2 Å². The van der Waals surface area contributed by atoms with Crippen LogP contribution in [0, 0.1) is 5.41 Å². The Kier molecular flexibility index (Phi) is 13.2. The zero-order valence-electron chi connectivity index (χ0n) is 28.0. The van der Waals surface area contributed by atoms with Crippen LogP contribution in [0.4, 0.5) is 5.69 Å². The third-order valence-corrected chi connectivity index (χ3v) is 11.5. The number of allylic oxidation sites excluding steroid dienone is 4. The van der Waals surface area contributed by atoms with Crippen LogP contribution in [-0.4, -0.2) is 63.0 Å². The lowest BCUT2D eigenvalue weighted by molar-refractivity contribution is -0.138. The quantitative estimate of drug-likeness (QED) is 0.179. The third kappa shape index (κ3) is 9.43. The largest absolute Gasteiger partial charge is 0.483 e. The highest BCUT2D eigenvalue weighted by molar-refractivity contribution is 7.98. The molecule has 48 heavy (non-hydrogen) atoms. The summed E-state index contributed by atoms with van der Waals surface area (Å²) in [6.07, 6.45) is 15.3. The molecule has 0 fully saturated rings. The predicted octanol–water partition coefficient (Wildman–Crippen LogP) is 6.04. The molecule has 1 aliphatic heterocycles. The van der Waals surface area contributed by atoms with Gasteiger partial charge in [-0.25, -0.2) is 8.42 Å². The predicted molar refractivity (Wildman–Crippen MR) is 189 cm³/mol. The van der Waals surface area contributed by atoms with Crippen LogP contribution in [0.2, 0.25) is 0 Å². The van der Waals surface area contributed by atoms with Gasteiger partial charge in [-0.2, -0.15) is 0 Å². The van der Waals surface area contributed by atoms with E-state index in [0.717, 1.165) is 57.1 Å². The van der Waals surface area contributed by atoms with Crippen molar-refractivity contribution in [3.8, 4) is 5.75 Å². The summed E-state index contributed by atoms with van der Waals surface area (Å²) in [7, 11) is -3.76. The van der Waals surface area contributed by atoms with E-state index in [0.29, 0.717) is 22.7 Å². The van der Waals surface area contributed by atoms with Crippen molar-refractivity contribution in [2.24, 2.45) is 5.41 Å². The second kappa shape index (κ2) is 17.1. The Hall–Kier alpha value is -3.77. The number of nitrogens with zero attached hydrogens (tertiary/aromatic N) is 1. The molecule has 2 amide bonds. The number of fused-ring (bicyclic) bond motifs is 1. The van der Waals surface area contributed by atoms with Gasteiger partial charge in [0.2, 0.25) is 5.91 Å². The Balaban J connectivity index is 1.67. The molecule has 4 rings (SSSR count). The molecule has 3 N–H and O–H groups in total. The number of rotatable bonds is 16. The topological polar surface area (TPSA) is 142 Å². The zero-order chi connectivity index (χ0) is 34.7. The second-order valence-corrected chi connectivity index (χ2v) is 15.3. The van der Waals surface area contributed by atoms with Crippen LogP contribution in [0.1, 0.15) is 76.8 Å². The smallest absolute Gasteiger partial charge is 0.322 e. The van der Waals surface area contributed by atoms with E-state index < -0.39 is 52.2 Å². The molecule has 1 unspecified atom stereocenters. The molecule has 0 saturated carbocycles. The summed E-state index contributed by atoms with van der Waals surface area (Å²) in [4.78, 5) is 40.2. The first kappa shape index (κ1) is 37.1. The number of hydrogen-bond acceptors (Lipinski definition) is 8. The van der Waals surface area contributed by atoms with Crippen molar-refractivity contribution in [3.05, 3.63) is 72.0 Å². The number of amides is 2. The average Bonchev–Trinajstić information content (AvgIpc) is 3.18. The van der Waals surface area contributed by atoms with Crippen molar-refractivity contribution in [3.63, 3.8) is 0 Å². The SMILES string of the molecule is CCCCC1(CCCC)CN(C2=CC=CCC2)c2cc(SC)c(OCC(=O)NC(C(=O)NCC(=O)O)c3ccccc3)cc2S(=O)(=O)C1. The van der Waals surface area contributed by atoms with Crippen LogP contribution in [0.25, 0.3) is 0 Å². The number of carboxylic acid groups (broad SMARTS) is 1. The zero-order valence-corrected chi connectivity index (χ0v) is 29.6. The summed E-state index contributed by atoms with van der Waals surface area (Å²) in [6.45, 7) is 3.79. The minimum atomic E-state index is -3.76. The lowest BCUT2D eigenvalue weighted by Gasteiger charge is -2.38. The molecule has 1 aliphatic carbocycles. The molecule has 0 spiro atoms. The molecule has 2 aromatic carbocycles. The van der Waals surface area contributed by atoms with Crippen molar-refractivity contribution in [2.75, 3.05) is 36.6 Å². The minimum Gasteiger partial charge on any atom is -0.483 e. The summed E-state index contributed by atoms with van der Waals surface area (Å²) in [5.41, 5.74) is 1.77. The first-order chi connectivity index (χ1) is 23.0. The number of benzene rings is 2. The molecule has 12 heteroatoms. The Morgan fingerprint density at radius 1 is 1.08 bits per heavy atom. The van der Waals surface area contributed by atoms with Gasteiger partial charge in [-0.15, -0.1) is 11.8 Å². The average molecular weight is 698 g/mol. The first-order valence-electron chi connectivity index (χ1n) is 16.6. The van der Waals surface area contributed by atoms with Crippen LogP contribution >= 0.6 is 11.8 Å². The number of nitrogens with one attached hydrogen (secondary N) is 2. The third-order valence-electron chi connectivity index (χ3n) is 8.79. The van der Waals surface area contributed by atoms with Crippen molar-refractivity contribution >= 4 is 45.1 Å². The number of carbonyl (C=O) groups excluding carboxylic acids is 2. The van der Waals surface area contributed by atoms with Gasteiger partial charge >= 0.3 is 5.97 Å². The summed E-state index contributed by atoms with van der Waals surface area (Å²) >= 11 is 1.40. The van der Waals surface area contributed by atoms with Gasteiger partial charge in [-0.1, -0.05) is 82.0 Å². The number of aliphatic carboxylic acids is 1. The Labute approximate surface area is 288 Å². The van der Waals surface area contributed by atoms with E-state index >= 15 is 0 Å². The van der Waals surface area contributed by atoms with E-state index in [1.165, 1.54) is 11.8 Å². The van der Waals surface area contributed by atoms with Gasteiger partial charge in [0.05, 0.1) is 21.2 Å². The van der Waals surface area contributed by atoms with Crippen molar-refractivity contribution in [2.45, 2.75) is 81.0 Å². The highest BCUT2D eigenvalue weighted by Gasteiger charge is 2.43. The molecule has 10 nitrogen and oxygen atoms in total. The minimum absolute atomic E-state index is 0.0371. The highest BCUT2D eigenvalue weighted by Crippen LogP contribution is 2.47. The van der Waals surface area contributed by atoms with Crippen LogP contribution in [0.15, 0.2) is 76.2 Å². The molecule has 0 saturated heterocycles. The monoisotopic (exact) mass is 697 g/mol. The van der Waals surface area contributed by atoms with Gasteiger partial charge in [-0.3, -0.25) is 14.4 Å². The van der Waals surface area contributed by atoms with Crippen LogP contribution < -0.4 is 20.3 Å². The van der Waals surface area contributed by atoms with Gasteiger partial charge in [0, 0.05) is 23.7 Å². The van der Waals surface area contributed by atoms with Crippen LogP contribution in [0.3, 0.4) is 0 Å². The van der Waals surface area contributed by atoms with E-state index in [9.17, 15) is 22.8 Å². The molecule has 1 atom stereocenters. The fraction of sp³-hybridized carbons (Fsp3) is 0.472. The number of hydrogen-bond donors (Lipinski definition) is 3. The molecule has 0 bridgehead atoms. The molecule has 0 aromatic heterocycles. The van der Waals surface area contributed by atoms with Gasteiger partial charge in [0.15, 0.2) is 16.4 Å². The maximum Gasteiger partial charge on any atom is 0.322 e. The summed E-state index contributed by atoms with van der Waals surface area (Å²) < 4.78 is 34.7. The second-order valence-electron chi connectivity index (χ2n) is 12.5. The Bertz CT molecular complexity index is 1620. The Morgan fingerprint density at radius 3 is 2.40 bits per heavy atom. The molecule has 2 aliphatic rings. The fourth-order valence-corrected chi connectivity index (χ4v) is 9.03.